The molecule has 2 amide bonds. The van der Waals surface area contributed by atoms with Crippen LogP contribution in [0.3, 0.4) is 0 Å². The van der Waals surface area contributed by atoms with E-state index in [1.165, 1.54) is 12.1 Å². The van der Waals surface area contributed by atoms with E-state index < -0.39 is 5.91 Å². The zero-order valence-corrected chi connectivity index (χ0v) is 12.9. The Balaban J connectivity index is 1.64. The summed E-state index contributed by atoms with van der Waals surface area (Å²) in [4.78, 5) is 24.1. The molecule has 0 spiro atoms. The van der Waals surface area contributed by atoms with Gasteiger partial charge in [0.15, 0.2) is 0 Å². The molecule has 1 aromatic heterocycles. The average molecular weight is 340 g/mol. The number of anilines is 1. The molecule has 25 heavy (non-hydrogen) atoms. The molecule has 1 heterocycles. The van der Waals surface area contributed by atoms with E-state index in [4.69, 9.17) is 5.73 Å². The van der Waals surface area contributed by atoms with E-state index in [0.717, 1.165) is 4.80 Å². The zero-order chi connectivity index (χ0) is 17.8. The quantitative estimate of drug-likeness (QED) is 0.721. The van der Waals surface area contributed by atoms with Gasteiger partial charge in [0.2, 0.25) is 5.91 Å². The maximum absolute atomic E-state index is 12.9. The van der Waals surface area contributed by atoms with Crippen molar-refractivity contribution in [1.82, 2.24) is 20.2 Å². The summed E-state index contributed by atoms with van der Waals surface area (Å²) in [6.07, 6.45) is 0.134. The van der Waals surface area contributed by atoms with Gasteiger partial charge in [0.25, 0.3) is 11.7 Å². The second kappa shape index (κ2) is 6.87. The topological polar surface area (TPSA) is 116 Å². The minimum absolute atomic E-state index is 0.134. The average Bonchev–Trinajstić information content (AvgIpc) is 3.08. The van der Waals surface area contributed by atoms with Crippen molar-refractivity contribution in [2.24, 2.45) is 5.73 Å². The number of benzene rings is 2. The van der Waals surface area contributed by atoms with Gasteiger partial charge in [0.1, 0.15) is 5.82 Å². The molecular weight excluding hydrogens is 327 g/mol. The number of halogens is 1. The van der Waals surface area contributed by atoms with Crippen molar-refractivity contribution in [3.63, 3.8) is 0 Å². The summed E-state index contributed by atoms with van der Waals surface area (Å²) < 4.78 is 12.9. The molecule has 0 aliphatic carbocycles. The maximum atomic E-state index is 12.9. The molecule has 0 fully saturated rings. The normalized spacial score (nSPS) is 10.4. The Bertz CT molecular complexity index is 905. The van der Waals surface area contributed by atoms with E-state index in [2.05, 4.69) is 20.7 Å². The van der Waals surface area contributed by atoms with Crippen LogP contribution in [0.1, 0.15) is 16.2 Å². The van der Waals surface area contributed by atoms with Crippen molar-refractivity contribution in [3.05, 3.63) is 65.7 Å². The van der Waals surface area contributed by atoms with Gasteiger partial charge in [-0.05, 0) is 47.2 Å². The van der Waals surface area contributed by atoms with E-state index in [0.29, 0.717) is 16.9 Å². The lowest BCUT2D eigenvalue weighted by Crippen LogP contribution is -2.14. The third-order valence-electron chi connectivity index (χ3n) is 3.29. The number of rotatable bonds is 5. The molecule has 3 aromatic rings. The number of nitrogens with one attached hydrogen (secondary N) is 1. The summed E-state index contributed by atoms with van der Waals surface area (Å²) in [7, 11) is 0. The van der Waals surface area contributed by atoms with Gasteiger partial charge in [-0.25, -0.2) is 4.39 Å². The first kappa shape index (κ1) is 16.2. The highest BCUT2D eigenvalue weighted by atomic mass is 19.1. The van der Waals surface area contributed by atoms with E-state index in [1.54, 1.807) is 36.4 Å². The third-order valence-corrected chi connectivity index (χ3v) is 3.29. The van der Waals surface area contributed by atoms with Crippen molar-refractivity contribution >= 4 is 17.5 Å². The summed E-state index contributed by atoms with van der Waals surface area (Å²) in [6, 6.07) is 12.4. The van der Waals surface area contributed by atoms with Gasteiger partial charge in [-0.15, -0.1) is 15.0 Å². The van der Waals surface area contributed by atoms with Crippen molar-refractivity contribution < 1.29 is 14.0 Å². The van der Waals surface area contributed by atoms with E-state index >= 15 is 0 Å². The largest absolute Gasteiger partial charge is 0.363 e. The molecule has 8 nitrogen and oxygen atoms in total. The number of carbonyl (C=O) groups excluding carboxylic acids is 2. The monoisotopic (exact) mass is 340 g/mol. The smallest absolute Gasteiger partial charge is 0.290 e. The van der Waals surface area contributed by atoms with Gasteiger partial charge >= 0.3 is 0 Å². The van der Waals surface area contributed by atoms with Gasteiger partial charge < -0.3 is 11.1 Å². The molecule has 0 saturated carbocycles. The summed E-state index contributed by atoms with van der Waals surface area (Å²) in [5.74, 6) is -1.53. The lowest BCUT2D eigenvalue weighted by Gasteiger charge is -2.06. The SMILES string of the molecule is NC(=O)c1nnn(-c2ccc(NC(=O)Cc3ccc(F)cc3)cc2)n1. The third kappa shape index (κ3) is 4.02. The highest BCUT2D eigenvalue weighted by molar-refractivity contribution is 5.92. The fourth-order valence-corrected chi connectivity index (χ4v) is 2.09. The van der Waals surface area contributed by atoms with Crippen LogP contribution in [0.2, 0.25) is 0 Å². The number of tetrazole rings is 1. The standard InChI is InChI=1S/C16H13FN6O2/c17-11-3-1-10(2-4-11)9-14(24)19-12-5-7-13(8-6-12)23-21-16(15(18)25)20-22-23/h1-8H,9H2,(H2,18,25)(H,19,24). The van der Waals surface area contributed by atoms with Crippen LogP contribution >= 0.6 is 0 Å². The Morgan fingerprint density at radius 3 is 2.36 bits per heavy atom. The Kier molecular flexibility index (Phi) is 4.46. The first-order valence-corrected chi connectivity index (χ1v) is 7.26. The van der Waals surface area contributed by atoms with Gasteiger partial charge in [-0.1, -0.05) is 12.1 Å². The van der Waals surface area contributed by atoms with Crippen molar-refractivity contribution in [3.8, 4) is 5.69 Å². The molecule has 0 saturated heterocycles. The van der Waals surface area contributed by atoms with Crippen LogP contribution in [0, 0.1) is 5.82 Å². The Morgan fingerprint density at radius 1 is 1.08 bits per heavy atom. The number of hydrogen-bond acceptors (Lipinski definition) is 5. The Labute approximate surface area is 141 Å². The van der Waals surface area contributed by atoms with Gasteiger partial charge in [0.05, 0.1) is 12.1 Å². The molecule has 0 unspecified atom stereocenters. The summed E-state index contributed by atoms with van der Waals surface area (Å²) in [6.45, 7) is 0. The first-order chi connectivity index (χ1) is 12.0. The molecule has 0 aliphatic rings. The lowest BCUT2D eigenvalue weighted by atomic mass is 10.1. The summed E-state index contributed by atoms with van der Waals surface area (Å²) in [5.41, 5.74) is 6.91. The predicted molar refractivity (Wildman–Crippen MR) is 86.4 cm³/mol. The van der Waals surface area contributed by atoms with Crippen LogP contribution in [0.15, 0.2) is 48.5 Å². The van der Waals surface area contributed by atoms with Crippen LogP contribution in [-0.2, 0) is 11.2 Å². The molecule has 0 atom stereocenters. The fraction of sp³-hybridized carbons (Fsp3) is 0.0625. The zero-order valence-electron chi connectivity index (χ0n) is 12.9. The second-order valence-corrected chi connectivity index (χ2v) is 5.17. The number of primary amides is 1. The fourth-order valence-electron chi connectivity index (χ4n) is 2.09. The van der Waals surface area contributed by atoms with Gasteiger partial charge in [-0.3, -0.25) is 9.59 Å². The molecule has 3 N–H and O–H groups in total. The molecule has 126 valence electrons. The van der Waals surface area contributed by atoms with Gasteiger partial charge in [0, 0.05) is 5.69 Å². The summed E-state index contributed by atoms with van der Waals surface area (Å²) >= 11 is 0. The van der Waals surface area contributed by atoms with Crippen LogP contribution in [0.4, 0.5) is 10.1 Å². The van der Waals surface area contributed by atoms with E-state index in [-0.39, 0.29) is 24.0 Å². The van der Waals surface area contributed by atoms with Crippen molar-refractivity contribution in [2.45, 2.75) is 6.42 Å². The highest BCUT2D eigenvalue weighted by Crippen LogP contribution is 2.13. The molecule has 0 bridgehead atoms. The highest BCUT2D eigenvalue weighted by Gasteiger charge is 2.10. The van der Waals surface area contributed by atoms with Gasteiger partial charge in [-0.2, -0.15) is 0 Å². The first-order valence-electron chi connectivity index (χ1n) is 7.26. The number of nitrogens with zero attached hydrogens (tertiary/aromatic N) is 4. The molecule has 0 radical (unpaired) electrons. The van der Waals surface area contributed by atoms with E-state index in [9.17, 15) is 14.0 Å². The minimum Gasteiger partial charge on any atom is -0.363 e. The Morgan fingerprint density at radius 2 is 1.76 bits per heavy atom. The molecule has 9 heteroatoms. The maximum Gasteiger partial charge on any atom is 0.290 e. The number of carbonyl (C=O) groups is 2. The number of hydrogen-bond donors (Lipinski definition) is 2. The van der Waals surface area contributed by atoms with Crippen LogP contribution < -0.4 is 11.1 Å². The van der Waals surface area contributed by atoms with Crippen molar-refractivity contribution in [1.29, 1.82) is 0 Å². The van der Waals surface area contributed by atoms with Crippen LogP contribution in [0.5, 0.6) is 0 Å². The van der Waals surface area contributed by atoms with Crippen LogP contribution in [-0.4, -0.2) is 32.0 Å². The van der Waals surface area contributed by atoms with Crippen molar-refractivity contribution in [2.75, 3.05) is 5.32 Å². The summed E-state index contributed by atoms with van der Waals surface area (Å²) in [5, 5.41) is 13.8. The molecule has 2 aromatic carbocycles. The van der Waals surface area contributed by atoms with Crippen LogP contribution in [0.25, 0.3) is 5.69 Å². The second-order valence-electron chi connectivity index (χ2n) is 5.17. The molecule has 0 aliphatic heterocycles. The molecule has 3 rings (SSSR count). The minimum atomic E-state index is -0.768. The molecular formula is C16H13FN6O2. The lowest BCUT2D eigenvalue weighted by molar-refractivity contribution is -0.115. The number of amides is 2. The van der Waals surface area contributed by atoms with E-state index in [1.807, 2.05) is 0 Å². The number of aromatic nitrogens is 4. The number of nitrogens with two attached hydrogens (primary N) is 1. The predicted octanol–water partition coefficient (Wildman–Crippen LogP) is 1.08. The Hall–Kier alpha value is -3.62.